The van der Waals surface area contributed by atoms with Crippen molar-refractivity contribution in [2.75, 3.05) is 18.4 Å². The zero-order chi connectivity index (χ0) is 13.9. The van der Waals surface area contributed by atoms with E-state index in [9.17, 15) is 9.90 Å². The highest BCUT2D eigenvalue weighted by atomic mass is 32.1. The molecule has 0 spiro atoms. The summed E-state index contributed by atoms with van der Waals surface area (Å²) in [5, 5.41) is 19.8. The second-order valence-corrected chi connectivity index (χ2v) is 5.61. The van der Waals surface area contributed by atoms with Gasteiger partial charge in [-0.2, -0.15) is 11.3 Å². The van der Waals surface area contributed by atoms with Gasteiger partial charge in [0, 0.05) is 24.3 Å². The maximum Gasteiger partial charge on any atom is 0.251 e. The first-order valence-corrected chi connectivity index (χ1v) is 7.53. The van der Waals surface area contributed by atoms with Crippen molar-refractivity contribution in [1.29, 1.82) is 0 Å². The molecule has 3 rings (SSSR count). The highest BCUT2D eigenvalue weighted by Crippen LogP contribution is 2.23. The lowest BCUT2D eigenvalue weighted by Gasteiger charge is -2.11. The van der Waals surface area contributed by atoms with E-state index in [0.29, 0.717) is 5.56 Å². The highest BCUT2D eigenvalue weighted by molar-refractivity contribution is 7.07. The van der Waals surface area contributed by atoms with Gasteiger partial charge in [0.2, 0.25) is 0 Å². The minimum Gasteiger partial charge on any atom is -0.387 e. The monoisotopic (exact) mass is 288 g/mol. The first kappa shape index (κ1) is 13.1. The Morgan fingerprint density at radius 2 is 2.35 bits per heavy atom. The zero-order valence-corrected chi connectivity index (χ0v) is 11.7. The lowest BCUT2D eigenvalue weighted by atomic mass is 10.1. The number of fused-ring (bicyclic) bond motifs is 1. The minimum absolute atomic E-state index is 0.144. The van der Waals surface area contributed by atoms with Crippen LogP contribution >= 0.6 is 11.3 Å². The summed E-state index contributed by atoms with van der Waals surface area (Å²) >= 11 is 1.53. The number of aliphatic hydroxyl groups excluding tert-OH is 1. The third-order valence-corrected chi connectivity index (χ3v) is 4.16. The fraction of sp³-hybridized carbons (Fsp3) is 0.267. The first-order valence-electron chi connectivity index (χ1n) is 6.59. The third kappa shape index (κ3) is 2.69. The number of anilines is 1. The standard InChI is InChI=1S/C15H16N2O2S/c18-14(12-4-6-20-9-12)8-17-15(19)11-1-2-13-10(7-11)3-5-16-13/h1-2,4,6-7,9,14,16,18H,3,5,8H2,(H,17,19). The van der Waals surface area contributed by atoms with E-state index in [4.69, 9.17) is 0 Å². The molecule has 2 aromatic rings. The van der Waals surface area contributed by atoms with Crippen LogP contribution in [0.5, 0.6) is 0 Å². The van der Waals surface area contributed by atoms with Gasteiger partial charge in [-0.05, 0) is 52.6 Å². The van der Waals surface area contributed by atoms with Crippen LogP contribution in [0.25, 0.3) is 0 Å². The Morgan fingerprint density at radius 1 is 1.45 bits per heavy atom. The number of thiophene rings is 1. The summed E-state index contributed by atoms with van der Waals surface area (Å²) in [5.74, 6) is -0.144. The lowest BCUT2D eigenvalue weighted by molar-refractivity contribution is 0.0916. The van der Waals surface area contributed by atoms with Crippen molar-refractivity contribution in [3.63, 3.8) is 0 Å². The van der Waals surface area contributed by atoms with E-state index in [2.05, 4.69) is 10.6 Å². The summed E-state index contributed by atoms with van der Waals surface area (Å²) in [5.41, 5.74) is 3.77. The van der Waals surface area contributed by atoms with Crippen LogP contribution in [-0.4, -0.2) is 24.1 Å². The molecule has 1 aromatic heterocycles. The van der Waals surface area contributed by atoms with Gasteiger partial charge in [-0.25, -0.2) is 0 Å². The van der Waals surface area contributed by atoms with Gasteiger partial charge in [0.1, 0.15) is 0 Å². The van der Waals surface area contributed by atoms with Crippen LogP contribution < -0.4 is 10.6 Å². The number of aliphatic hydroxyl groups is 1. The Balaban J connectivity index is 1.62. The fourth-order valence-corrected chi connectivity index (χ4v) is 3.03. The molecule has 1 aromatic carbocycles. The predicted molar refractivity (Wildman–Crippen MR) is 80.2 cm³/mol. The number of nitrogens with one attached hydrogen (secondary N) is 2. The molecule has 3 N–H and O–H groups in total. The average Bonchev–Trinajstić information content (AvgIpc) is 3.13. The van der Waals surface area contributed by atoms with Gasteiger partial charge in [0.25, 0.3) is 5.91 Å². The van der Waals surface area contributed by atoms with Crippen molar-refractivity contribution in [1.82, 2.24) is 5.32 Å². The number of rotatable bonds is 4. The maximum atomic E-state index is 12.1. The van der Waals surface area contributed by atoms with Crippen molar-refractivity contribution in [3.8, 4) is 0 Å². The van der Waals surface area contributed by atoms with Crippen LogP contribution in [-0.2, 0) is 6.42 Å². The van der Waals surface area contributed by atoms with Crippen LogP contribution in [0, 0.1) is 0 Å². The molecule has 5 heteroatoms. The van der Waals surface area contributed by atoms with Crippen molar-refractivity contribution < 1.29 is 9.90 Å². The van der Waals surface area contributed by atoms with Gasteiger partial charge in [-0.3, -0.25) is 4.79 Å². The Kier molecular flexibility index (Phi) is 3.71. The molecule has 0 bridgehead atoms. The summed E-state index contributed by atoms with van der Waals surface area (Å²) in [4.78, 5) is 12.1. The summed E-state index contributed by atoms with van der Waals surface area (Å²) in [6.45, 7) is 1.15. The largest absolute Gasteiger partial charge is 0.387 e. The molecule has 4 nitrogen and oxygen atoms in total. The molecule has 1 amide bonds. The van der Waals surface area contributed by atoms with Gasteiger partial charge >= 0.3 is 0 Å². The number of carbonyl (C=O) groups is 1. The van der Waals surface area contributed by atoms with Gasteiger partial charge in [-0.1, -0.05) is 0 Å². The van der Waals surface area contributed by atoms with E-state index in [-0.39, 0.29) is 12.5 Å². The van der Waals surface area contributed by atoms with E-state index < -0.39 is 6.10 Å². The molecule has 1 atom stereocenters. The Morgan fingerprint density at radius 3 is 3.15 bits per heavy atom. The molecule has 0 saturated carbocycles. The van der Waals surface area contributed by atoms with E-state index in [0.717, 1.165) is 24.2 Å². The van der Waals surface area contributed by atoms with Gasteiger partial charge in [0.05, 0.1) is 6.10 Å². The van der Waals surface area contributed by atoms with Gasteiger partial charge < -0.3 is 15.7 Å². The van der Waals surface area contributed by atoms with Crippen LogP contribution in [0.4, 0.5) is 5.69 Å². The molecule has 20 heavy (non-hydrogen) atoms. The Bertz CT molecular complexity index is 610. The molecule has 1 aliphatic rings. The predicted octanol–water partition coefficient (Wildman–Crippen LogP) is 2.18. The van der Waals surface area contributed by atoms with Crippen LogP contribution in [0.3, 0.4) is 0 Å². The molecule has 1 unspecified atom stereocenters. The molecule has 0 radical (unpaired) electrons. The number of hydrogen-bond donors (Lipinski definition) is 3. The van der Waals surface area contributed by atoms with E-state index in [1.54, 1.807) is 0 Å². The fourth-order valence-electron chi connectivity index (χ4n) is 2.32. The number of carbonyl (C=O) groups excluding carboxylic acids is 1. The number of benzene rings is 1. The first-order chi connectivity index (χ1) is 9.74. The highest BCUT2D eigenvalue weighted by Gasteiger charge is 2.14. The SMILES string of the molecule is O=C(NCC(O)c1ccsc1)c1ccc2c(c1)CCN2. The quantitative estimate of drug-likeness (QED) is 0.808. The van der Waals surface area contributed by atoms with Crippen molar-refractivity contribution in [2.45, 2.75) is 12.5 Å². The Hall–Kier alpha value is -1.85. The molecule has 2 heterocycles. The molecule has 0 saturated heterocycles. The molecule has 1 aliphatic heterocycles. The van der Waals surface area contributed by atoms with E-state index >= 15 is 0 Å². The summed E-state index contributed by atoms with van der Waals surface area (Å²) < 4.78 is 0. The van der Waals surface area contributed by atoms with Crippen molar-refractivity contribution in [2.24, 2.45) is 0 Å². The smallest absolute Gasteiger partial charge is 0.251 e. The van der Waals surface area contributed by atoms with Crippen LogP contribution in [0.1, 0.15) is 27.6 Å². The summed E-state index contributed by atoms with van der Waals surface area (Å²) in [7, 11) is 0. The second-order valence-electron chi connectivity index (χ2n) is 4.83. The molecular weight excluding hydrogens is 272 g/mol. The topological polar surface area (TPSA) is 61.4 Å². The normalized spacial score (nSPS) is 14.4. The van der Waals surface area contributed by atoms with Crippen LogP contribution in [0.15, 0.2) is 35.0 Å². The van der Waals surface area contributed by atoms with Gasteiger partial charge in [-0.15, -0.1) is 0 Å². The lowest BCUT2D eigenvalue weighted by Crippen LogP contribution is -2.28. The van der Waals surface area contributed by atoms with Crippen LogP contribution in [0.2, 0.25) is 0 Å². The summed E-state index contributed by atoms with van der Waals surface area (Å²) in [6, 6.07) is 7.53. The van der Waals surface area contributed by atoms with Crippen molar-refractivity contribution in [3.05, 3.63) is 51.7 Å². The molecular formula is C15H16N2O2S. The molecule has 0 fully saturated rings. The summed E-state index contributed by atoms with van der Waals surface area (Å²) in [6.07, 6.45) is 0.301. The van der Waals surface area contributed by atoms with E-state index in [1.807, 2.05) is 35.0 Å². The number of amides is 1. The van der Waals surface area contributed by atoms with Gasteiger partial charge in [0.15, 0.2) is 0 Å². The number of hydrogen-bond acceptors (Lipinski definition) is 4. The Labute approximate surface area is 121 Å². The minimum atomic E-state index is -0.652. The third-order valence-electron chi connectivity index (χ3n) is 3.46. The average molecular weight is 288 g/mol. The van der Waals surface area contributed by atoms with E-state index in [1.165, 1.54) is 16.9 Å². The maximum absolute atomic E-state index is 12.1. The second kappa shape index (κ2) is 5.64. The zero-order valence-electron chi connectivity index (χ0n) is 10.9. The molecule has 0 aliphatic carbocycles. The molecule has 104 valence electrons. The van der Waals surface area contributed by atoms with Crippen molar-refractivity contribution >= 4 is 22.9 Å².